The van der Waals surface area contributed by atoms with E-state index in [4.69, 9.17) is 27.9 Å². The monoisotopic (exact) mass is 354 g/mol. The molecule has 0 bridgehead atoms. The second-order valence-electron chi connectivity index (χ2n) is 5.78. The van der Waals surface area contributed by atoms with Gasteiger partial charge in [0.15, 0.2) is 0 Å². The molecule has 0 saturated carbocycles. The van der Waals surface area contributed by atoms with Gasteiger partial charge in [-0.15, -0.1) is 0 Å². The number of nitrogens with zero attached hydrogens (tertiary/aromatic N) is 4. The van der Waals surface area contributed by atoms with Crippen LogP contribution in [0.4, 0.5) is 10.6 Å². The average Bonchev–Trinajstić information content (AvgIpc) is 2.47. The normalized spacial score (nSPS) is 11.2. The van der Waals surface area contributed by atoms with Gasteiger partial charge in [0.2, 0.25) is 5.28 Å². The number of hydrogen-bond acceptors (Lipinski definition) is 5. The van der Waals surface area contributed by atoms with Crippen molar-refractivity contribution >= 4 is 35.1 Å². The molecule has 122 valence electrons. The van der Waals surface area contributed by atoms with Crippen molar-refractivity contribution in [1.82, 2.24) is 15.0 Å². The van der Waals surface area contributed by atoms with Crippen LogP contribution in [0.1, 0.15) is 20.8 Å². The van der Waals surface area contributed by atoms with Gasteiger partial charge in [-0.05, 0) is 44.5 Å². The highest BCUT2D eigenvalue weighted by Crippen LogP contribution is 2.26. The van der Waals surface area contributed by atoms with Gasteiger partial charge in [-0.2, -0.15) is 0 Å². The Kier molecular flexibility index (Phi) is 5.06. The molecule has 0 spiro atoms. The number of carbonyl (C=O) groups is 1. The van der Waals surface area contributed by atoms with Gasteiger partial charge in [-0.25, -0.2) is 19.7 Å². The summed E-state index contributed by atoms with van der Waals surface area (Å²) in [6, 6.07) is 3.42. The summed E-state index contributed by atoms with van der Waals surface area (Å²) < 4.78 is 5.29. The summed E-state index contributed by atoms with van der Waals surface area (Å²) in [7, 11) is 1.59. The molecule has 1 amide bonds. The first-order valence-electron chi connectivity index (χ1n) is 6.78. The maximum absolute atomic E-state index is 12.0. The number of ether oxygens (including phenoxy) is 1. The minimum atomic E-state index is -0.573. The first-order chi connectivity index (χ1) is 10.7. The molecule has 2 rings (SSSR count). The minimum Gasteiger partial charge on any atom is -0.443 e. The smallest absolute Gasteiger partial charge is 0.415 e. The molecule has 0 N–H and O–H groups in total. The third kappa shape index (κ3) is 4.53. The lowest BCUT2D eigenvalue weighted by molar-refractivity contribution is 0.0588. The van der Waals surface area contributed by atoms with Crippen LogP contribution in [0.15, 0.2) is 24.5 Å². The average molecular weight is 355 g/mol. The van der Waals surface area contributed by atoms with E-state index in [0.717, 1.165) is 0 Å². The van der Waals surface area contributed by atoms with Gasteiger partial charge >= 0.3 is 6.09 Å². The zero-order valence-electron chi connectivity index (χ0n) is 13.2. The van der Waals surface area contributed by atoms with Crippen molar-refractivity contribution in [2.45, 2.75) is 26.4 Å². The van der Waals surface area contributed by atoms with Gasteiger partial charge in [-0.1, -0.05) is 11.6 Å². The summed E-state index contributed by atoms with van der Waals surface area (Å²) in [5.74, 6) is 0.444. The van der Waals surface area contributed by atoms with E-state index in [2.05, 4.69) is 15.0 Å². The first-order valence-corrected chi connectivity index (χ1v) is 7.54. The SMILES string of the molecule is CN(C(=O)OC(C)(C)C)c1ccc(-c2nc(Cl)ncc2Cl)cn1. The zero-order valence-corrected chi connectivity index (χ0v) is 14.7. The number of aromatic nitrogens is 3. The van der Waals surface area contributed by atoms with Crippen LogP contribution < -0.4 is 4.90 Å². The molecule has 0 unspecified atom stereocenters. The Bertz CT molecular complexity index is 714. The van der Waals surface area contributed by atoms with E-state index in [-0.39, 0.29) is 5.28 Å². The Morgan fingerprint density at radius 1 is 1.17 bits per heavy atom. The fourth-order valence-electron chi connectivity index (χ4n) is 1.70. The largest absolute Gasteiger partial charge is 0.443 e. The summed E-state index contributed by atoms with van der Waals surface area (Å²) in [5, 5.41) is 0.462. The van der Waals surface area contributed by atoms with Crippen LogP contribution in [0.2, 0.25) is 10.3 Å². The van der Waals surface area contributed by atoms with E-state index >= 15 is 0 Å². The standard InChI is InChI=1S/C15H16Cl2N4O2/c1-15(2,3)23-14(22)21(4)11-6-5-9(7-18-11)12-10(16)8-19-13(17)20-12/h5-8H,1-4H3. The molecule has 0 aliphatic rings. The van der Waals surface area contributed by atoms with Gasteiger partial charge in [0.05, 0.1) is 16.9 Å². The number of amides is 1. The van der Waals surface area contributed by atoms with Crippen molar-refractivity contribution < 1.29 is 9.53 Å². The van der Waals surface area contributed by atoms with E-state index in [0.29, 0.717) is 22.1 Å². The maximum Gasteiger partial charge on any atom is 0.415 e. The number of hydrogen-bond donors (Lipinski definition) is 0. The van der Waals surface area contributed by atoms with Crippen LogP contribution in [0, 0.1) is 0 Å². The van der Waals surface area contributed by atoms with Gasteiger partial charge in [-0.3, -0.25) is 4.90 Å². The van der Waals surface area contributed by atoms with Crippen LogP contribution in [-0.2, 0) is 4.74 Å². The molecule has 8 heteroatoms. The van der Waals surface area contributed by atoms with Gasteiger partial charge < -0.3 is 4.74 Å². The predicted octanol–water partition coefficient (Wildman–Crippen LogP) is 4.22. The Labute approximate surface area is 144 Å². The first kappa shape index (κ1) is 17.4. The quantitative estimate of drug-likeness (QED) is 0.755. The Morgan fingerprint density at radius 2 is 1.87 bits per heavy atom. The lowest BCUT2D eigenvalue weighted by Crippen LogP contribution is -2.34. The van der Waals surface area contributed by atoms with Gasteiger partial charge in [0.25, 0.3) is 0 Å². The number of carbonyl (C=O) groups excluding carboxylic acids is 1. The molecule has 6 nitrogen and oxygen atoms in total. The van der Waals surface area contributed by atoms with E-state index < -0.39 is 11.7 Å². The van der Waals surface area contributed by atoms with Crippen molar-refractivity contribution in [1.29, 1.82) is 0 Å². The molecule has 0 aliphatic heterocycles. The molecule has 2 heterocycles. The number of halogens is 2. The fraction of sp³-hybridized carbons (Fsp3) is 0.333. The van der Waals surface area contributed by atoms with E-state index in [1.807, 2.05) is 0 Å². The Hall–Kier alpha value is -1.92. The topological polar surface area (TPSA) is 68.2 Å². The molecule has 0 aromatic carbocycles. The molecule has 0 aliphatic carbocycles. The summed E-state index contributed by atoms with van der Waals surface area (Å²) in [5.41, 5.74) is 0.572. The summed E-state index contributed by atoms with van der Waals surface area (Å²) >= 11 is 11.8. The fourth-order valence-corrected chi connectivity index (χ4v) is 2.03. The van der Waals surface area contributed by atoms with Crippen molar-refractivity contribution in [3.8, 4) is 11.3 Å². The summed E-state index contributed by atoms with van der Waals surface area (Å²) in [4.78, 5) is 25.5. The van der Waals surface area contributed by atoms with E-state index in [1.54, 1.807) is 46.1 Å². The molecular formula is C15H16Cl2N4O2. The summed E-state index contributed by atoms with van der Waals surface area (Å²) in [6.07, 6.45) is 2.49. The molecule has 0 fully saturated rings. The maximum atomic E-state index is 12.0. The highest BCUT2D eigenvalue weighted by molar-refractivity contribution is 6.33. The summed E-state index contributed by atoms with van der Waals surface area (Å²) in [6.45, 7) is 5.41. The van der Waals surface area contributed by atoms with Crippen LogP contribution in [0.25, 0.3) is 11.3 Å². The van der Waals surface area contributed by atoms with Crippen molar-refractivity contribution in [3.05, 3.63) is 34.8 Å². The van der Waals surface area contributed by atoms with E-state index in [1.165, 1.54) is 11.1 Å². The molecular weight excluding hydrogens is 339 g/mol. The predicted molar refractivity (Wildman–Crippen MR) is 89.9 cm³/mol. The minimum absolute atomic E-state index is 0.0966. The van der Waals surface area contributed by atoms with E-state index in [9.17, 15) is 4.79 Å². The zero-order chi connectivity index (χ0) is 17.2. The number of anilines is 1. The van der Waals surface area contributed by atoms with Crippen LogP contribution >= 0.6 is 23.2 Å². The molecule has 0 atom stereocenters. The lowest BCUT2D eigenvalue weighted by Gasteiger charge is -2.24. The molecule has 0 saturated heterocycles. The third-order valence-corrected chi connectivity index (χ3v) is 3.21. The van der Waals surface area contributed by atoms with Gasteiger partial charge in [0.1, 0.15) is 11.4 Å². The second kappa shape index (κ2) is 6.68. The Balaban J connectivity index is 2.22. The van der Waals surface area contributed by atoms with Crippen LogP contribution in [-0.4, -0.2) is 33.7 Å². The van der Waals surface area contributed by atoms with Crippen molar-refractivity contribution in [2.75, 3.05) is 11.9 Å². The molecule has 23 heavy (non-hydrogen) atoms. The Morgan fingerprint density at radius 3 is 2.43 bits per heavy atom. The molecule has 2 aromatic rings. The van der Waals surface area contributed by atoms with Gasteiger partial charge in [0, 0.05) is 18.8 Å². The second-order valence-corrected chi connectivity index (χ2v) is 6.53. The molecule has 2 aromatic heterocycles. The number of rotatable bonds is 2. The number of pyridine rings is 1. The van der Waals surface area contributed by atoms with Crippen LogP contribution in [0.5, 0.6) is 0 Å². The highest BCUT2D eigenvalue weighted by atomic mass is 35.5. The van der Waals surface area contributed by atoms with Crippen molar-refractivity contribution in [2.24, 2.45) is 0 Å². The molecule has 0 radical (unpaired) electrons. The van der Waals surface area contributed by atoms with Crippen molar-refractivity contribution in [3.63, 3.8) is 0 Å². The van der Waals surface area contributed by atoms with Crippen LogP contribution in [0.3, 0.4) is 0 Å². The lowest BCUT2D eigenvalue weighted by atomic mass is 10.2. The highest BCUT2D eigenvalue weighted by Gasteiger charge is 2.21. The third-order valence-electron chi connectivity index (χ3n) is 2.75.